The zero-order valence-electron chi connectivity index (χ0n) is 16.3. The van der Waals surface area contributed by atoms with E-state index in [-0.39, 0.29) is 23.1 Å². The molecular formula is C19H24N4O6. The Morgan fingerprint density at radius 2 is 1.66 bits per heavy atom. The van der Waals surface area contributed by atoms with Gasteiger partial charge < -0.3 is 19.4 Å². The molecule has 0 aliphatic carbocycles. The second-order valence-corrected chi connectivity index (χ2v) is 7.12. The Bertz CT molecular complexity index is 813. The molecule has 2 saturated heterocycles. The van der Waals surface area contributed by atoms with Gasteiger partial charge in [-0.15, -0.1) is 0 Å². The van der Waals surface area contributed by atoms with Crippen molar-refractivity contribution in [3.05, 3.63) is 33.9 Å². The van der Waals surface area contributed by atoms with Crippen molar-refractivity contribution in [1.29, 1.82) is 0 Å². The van der Waals surface area contributed by atoms with E-state index in [0.717, 1.165) is 25.9 Å². The summed E-state index contributed by atoms with van der Waals surface area (Å²) in [6.07, 6.45) is 1.95. The van der Waals surface area contributed by atoms with E-state index in [2.05, 4.69) is 0 Å². The van der Waals surface area contributed by atoms with Crippen molar-refractivity contribution < 1.29 is 24.0 Å². The van der Waals surface area contributed by atoms with E-state index in [9.17, 15) is 24.5 Å². The van der Waals surface area contributed by atoms with Crippen molar-refractivity contribution in [2.45, 2.75) is 19.8 Å². The van der Waals surface area contributed by atoms with Gasteiger partial charge in [-0.25, -0.2) is 4.79 Å². The standard InChI is InChI=1S/C19H24N4O6/c1-14(24)20-8-10-22(11-9-20)18(25)13-29-19(26)15-4-5-16(17(12-15)23(27)28)21-6-2-3-7-21/h4-5,12H,2-3,6-11,13H2,1H3. The fraction of sp³-hybridized carbons (Fsp3) is 0.526. The van der Waals surface area contributed by atoms with Gasteiger partial charge in [0.2, 0.25) is 5.91 Å². The summed E-state index contributed by atoms with van der Waals surface area (Å²) < 4.78 is 5.07. The molecule has 29 heavy (non-hydrogen) atoms. The predicted molar refractivity (Wildman–Crippen MR) is 104 cm³/mol. The van der Waals surface area contributed by atoms with E-state index < -0.39 is 17.5 Å². The van der Waals surface area contributed by atoms with E-state index in [4.69, 9.17) is 4.74 Å². The molecule has 0 radical (unpaired) electrons. The second-order valence-electron chi connectivity index (χ2n) is 7.12. The number of carbonyl (C=O) groups is 3. The van der Waals surface area contributed by atoms with Crippen LogP contribution in [0.3, 0.4) is 0 Å². The number of amides is 2. The minimum Gasteiger partial charge on any atom is -0.452 e. The van der Waals surface area contributed by atoms with Crippen LogP contribution < -0.4 is 4.90 Å². The number of anilines is 1. The Morgan fingerprint density at radius 1 is 1.03 bits per heavy atom. The minimum absolute atomic E-state index is 0.0360. The molecule has 0 atom stereocenters. The zero-order chi connectivity index (χ0) is 21.0. The van der Waals surface area contributed by atoms with Gasteiger partial charge in [-0.3, -0.25) is 19.7 Å². The van der Waals surface area contributed by atoms with Gasteiger partial charge in [0.15, 0.2) is 6.61 Å². The second kappa shape index (κ2) is 8.89. The number of nitro groups is 1. The van der Waals surface area contributed by atoms with Crippen LogP contribution in [-0.4, -0.2) is 78.4 Å². The lowest BCUT2D eigenvalue weighted by Gasteiger charge is -2.34. The molecular weight excluding hydrogens is 380 g/mol. The minimum atomic E-state index is -0.781. The highest BCUT2D eigenvalue weighted by Gasteiger charge is 2.26. The molecule has 10 heteroatoms. The predicted octanol–water partition coefficient (Wildman–Crippen LogP) is 1.04. The lowest BCUT2D eigenvalue weighted by Crippen LogP contribution is -2.51. The lowest BCUT2D eigenvalue weighted by atomic mass is 10.1. The summed E-state index contributed by atoms with van der Waals surface area (Å²) in [6, 6.07) is 4.24. The Kier molecular flexibility index (Phi) is 6.30. The Morgan fingerprint density at radius 3 is 2.24 bits per heavy atom. The van der Waals surface area contributed by atoms with Gasteiger partial charge >= 0.3 is 5.97 Å². The van der Waals surface area contributed by atoms with E-state index in [1.807, 2.05) is 4.90 Å². The van der Waals surface area contributed by atoms with Crippen LogP contribution >= 0.6 is 0 Å². The SMILES string of the molecule is CC(=O)N1CCN(C(=O)COC(=O)c2ccc(N3CCCC3)c([N+](=O)[O-])c2)CC1. The molecule has 2 heterocycles. The van der Waals surface area contributed by atoms with E-state index >= 15 is 0 Å². The van der Waals surface area contributed by atoms with E-state index in [0.29, 0.717) is 31.9 Å². The number of esters is 1. The van der Waals surface area contributed by atoms with E-state index in [1.165, 1.54) is 24.0 Å². The summed E-state index contributed by atoms with van der Waals surface area (Å²) in [7, 11) is 0. The van der Waals surface area contributed by atoms with Crippen molar-refractivity contribution in [1.82, 2.24) is 9.80 Å². The number of hydrogen-bond acceptors (Lipinski definition) is 7. The van der Waals surface area contributed by atoms with Crippen LogP contribution in [0.5, 0.6) is 0 Å². The van der Waals surface area contributed by atoms with Gasteiger partial charge in [0.1, 0.15) is 5.69 Å². The van der Waals surface area contributed by atoms with Crippen LogP contribution in [0, 0.1) is 10.1 Å². The molecule has 2 amide bonds. The van der Waals surface area contributed by atoms with Crippen LogP contribution in [-0.2, 0) is 14.3 Å². The molecule has 10 nitrogen and oxygen atoms in total. The van der Waals surface area contributed by atoms with Crippen LogP contribution in [0.2, 0.25) is 0 Å². The highest BCUT2D eigenvalue weighted by atomic mass is 16.6. The molecule has 1 aromatic rings. The van der Waals surface area contributed by atoms with Crippen LogP contribution in [0.25, 0.3) is 0 Å². The summed E-state index contributed by atoms with van der Waals surface area (Å²) >= 11 is 0. The molecule has 0 N–H and O–H groups in total. The summed E-state index contributed by atoms with van der Waals surface area (Å²) in [5.74, 6) is -1.18. The van der Waals surface area contributed by atoms with Crippen molar-refractivity contribution in [3.63, 3.8) is 0 Å². The van der Waals surface area contributed by atoms with Crippen molar-refractivity contribution in [3.8, 4) is 0 Å². The third-order valence-electron chi connectivity index (χ3n) is 5.26. The van der Waals surface area contributed by atoms with Crippen LogP contribution in [0.15, 0.2) is 18.2 Å². The van der Waals surface area contributed by atoms with Gasteiger partial charge in [0.05, 0.1) is 10.5 Å². The molecule has 2 aliphatic heterocycles. The number of rotatable bonds is 5. The van der Waals surface area contributed by atoms with E-state index in [1.54, 1.807) is 11.0 Å². The largest absolute Gasteiger partial charge is 0.452 e. The van der Waals surface area contributed by atoms with Gasteiger partial charge in [0, 0.05) is 52.3 Å². The van der Waals surface area contributed by atoms with Gasteiger partial charge in [0.25, 0.3) is 11.6 Å². The molecule has 0 spiro atoms. The fourth-order valence-corrected chi connectivity index (χ4v) is 3.59. The van der Waals surface area contributed by atoms with Crippen molar-refractivity contribution >= 4 is 29.2 Å². The molecule has 0 bridgehead atoms. The van der Waals surface area contributed by atoms with Gasteiger partial charge in [-0.05, 0) is 25.0 Å². The van der Waals surface area contributed by atoms with Crippen molar-refractivity contribution in [2.24, 2.45) is 0 Å². The molecule has 0 aromatic heterocycles. The number of nitro benzene ring substituents is 1. The highest BCUT2D eigenvalue weighted by Crippen LogP contribution is 2.31. The van der Waals surface area contributed by atoms with Gasteiger partial charge in [-0.2, -0.15) is 0 Å². The molecule has 156 valence electrons. The monoisotopic (exact) mass is 404 g/mol. The smallest absolute Gasteiger partial charge is 0.338 e. The first-order chi connectivity index (χ1) is 13.9. The Balaban J connectivity index is 1.59. The number of benzene rings is 1. The van der Waals surface area contributed by atoms with Crippen molar-refractivity contribution in [2.75, 3.05) is 50.8 Å². The average molecular weight is 404 g/mol. The molecule has 2 fully saturated rings. The quantitative estimate of drug-likeness (QED) is 0.409. The summed E-state index contributed by atoms with van der Waals surface area (Å²) in [5.41, 5.74) is 0.380. The Hall–Kier alpha value is -3.17. The lowest BCUT2D eigenvalue weighted by molar-refractivity contribution is -0.384. The van der Waals surface area contributed by atoms with Crippen LogP contribution in [0.1, 0.15) is 30.1 Å². The van der Waals surface area contributed by atoms with Gasteiger partial charge in [-0.1, -0.05) is 0 Å². The topological polar surface area (TPSA) is 113 Å². The maximum Gasteiger partial charge on any atom is 0.338 e. The molecule has 3 rings (SSSR count). The van der Waals surface area contributed by atoms with Crippen LogP contribution in [0.4, 0.5) is 11.4 Å². The first kappa shape index (κ1) is 20.6. The Labute approximate surface area is 168 Å². The summed E-state index contributed by atoms with van der Waals surface area (Å²) in [5, 5.41) is 11.4. The third-order valence-corrected chi connectivity index (χ3v) is 5.26. The maximum atomic E-state index is 12.3. The summed E-state index contributed by atoms with van der Waals surface area (Å²) in [4.78, 5) is 51.9. The highest BCUT2D eigenvalue weighted by molar-refractivity contribution is 5.93. The first-order valence-electron chi connectivity index (χ1n) is 9.60. The number of carbonyl (C=O) groups excluding carboxylic acids is 3. The maximum absolute atomic E-state index is 12.3. The number of ether oxygens (including phenoxy) is 1. The molecule has 0 saturated carbocycles. The number of piperazine rings is 1. The number of nitrogens with zero attached hydrogens (tertiary/aromatic N) is 4. The molecule has 2 aliphatic rings. The normalized spacial score (nSPS) is 16.7. The zero-order valence-corrected chi connectivity index (χ0v) is 16.3. The fourth-order valence-electron chi connectivity index (χ4n) is 3.59. The summed E-state index contributed by atoms with van der Waals surface area (Å²) in [6.45, 7) is 4.18. The molecule has 0 unspecified atom stereocenters. The third kappa shape index (κ3) is 4.82. The first-order valence-corrected chi connectivity index (χ1v) is 9.60. The number of hydrogen-bond donors (Lipinski definition) is 0. The average Bonchev–Trinajstić information content (AvgIpc) is 3.26. The molecule has 1 aromatic carbocycles.